The summed E-state index contributed by atoms with van der Waals surface area (Å²) in [5.41, 5.74) is 5.04. The number of nitrogens with two attached hydrogens (primary N) is 1. The van der Waals surface area contributed by atoms with Crippen molar-refractivity contribution in [2.45, 2.75) is 31.3 Å². The van der Waals surface area contributed by atoms with Gasteiger partial charge < -0.3 is 25.8 Å². The van der Waals surface area contributed by atoms with Crippen LogP contribution in [0.4, 0.5) is 0 Å². The van der Waals surface area contributed by atoms with E-state index in [4.69, 9.17) is 15.6 Å². The Morgan fingerprint density at radius 2 is 2.07 bits per heavy atom. The number of rotatable bonds is 3. The lowest BCUT2D eigenvalue weighted by atomic mass is 9.93. The summed E-state index contributed by atoms with van der Waals surface area (Å²) >= 11 is 0. The predicted octanol–water partition coefficient (Wildman–Crippen LogP) is -2.21. The van der Waals surface area contributed by atoms with E-state index in [0.29, 0.717) is 0 Å². The maximum Gasteiger partial charge on any atom is 0.220 e. The summed E-state index contributed by atoms with van der Waals surface area (Å²) in [4.78, 5) is 10.8. The summed E-state index contributed by atoms with van der Waals surface area (Å²) in [7, 11) is 0. The maximum absolute atomic E-state index is 10.8. The van der Waals surface area contributed by atoms with Crippen molar-refractivity contribution < 1.29 is 24.9 Å². The minimum Gasteiger partial charge on any atom is -0.388 e. The van der Waals surface area contributed by atoms with E-state index in [-0.39, 0.29) is 6.61 Å². The second-order valence-corrected chi connectivity index (χ2v) is 3.73. The fourth-order valence-electron chi connectivity index (χ4n) is 1.38. The van der Waals surface area contributed by atoms with Crippen LogP contribution in [0.2, 0.25) is 0 Å². The summed E-state index contributed by atoms with van der Waals surface area (Å²) in [6.45, 7) is 1.49. The number of aliphatic hydroxyl groups is 3. The molecule has 5 unspecified atom stereocenters. The Morgan fingerprint density at radius 3 is 2.60 bits per heavy atom. The van der Waals surface area contributed by atoms with Gasteiger partial charge in [0, 0.05) is 12.3 Å². The summed E-state index contributed by atoms with van der Waals surface area (Å²) in [5, 5.41) is 28.0. The van der Waals surface area contributed by atoms with Gasteiger partial charge in [0.15, 0.2) is 0 Å². The van der Waals surface area contributed by atoms with Gasteiger partial charge in [0.2, 0.25) is 5.91 Å². The molecule has 87 valence electrons. The van der Waals surface area contributed by atoms with Gasteiger partial charge >= 0.3 is 0 Å². The lowest BCUT2D eigenvalue weighted by molar-refractivity contribution is -0.179. The zero-order valence-corrected chi connectivity index (χ0v) is 8.41. The fourth-order valence-corrected chi connectivity index (χ4v) is 1.38. The largest absolute Gasteiger partial charge is 0.388 e. The predicted molar refractivity (Wildman–Crippen MR) is 50.4 cm³/mol. The smallest absolute Gasteiger partial charge is 0.220 e. The number of hydrogen-bond acceptors (Lipinski definition) is 5. The van der Waals surface area contributed by atoms with Crippen LogP contribution in [0.1, 0.15) is 6.92 Å². The first-order valence-corrected chi connectivity index (χ1v) is 4.73. The maximum atomic E-state index is 10.8. The average molecular weight is 218 g/mol. The molecule has 1 fully saturated rings. The molecule has 5 N–H and O–H groups in total. The van der Waals surface area contributed by atoms with E-state index < -0.39 is 36.2 Å². The molecule has 1 rings (SSSR count). The Kier molecular flexibility index (Phi) is 4.04. The fraction of sp³-hybridized carbons (Fsp3) is 0.778. The van der Waals surface area contributed by atoms with Crippen molar-refractivity contribution in [1.82, 2.24) is 0 Å². The van der Waals surface area contributed by atoms with Crippen molar-refractivity contribution in [2.24, 2.45) is 11.7 Å². The molecule has 1 amide bonds. The minimum absolute atomic E-state index is 0.0785. The van der Waals surface area contributed by atoms with Crippen molar-refractivity contribution >= 4 is 5.91 Å². The molecule has 0 bridgehead atoms. The molecule has 6 nitrogen and oxygen atoms in total. The summed E-state index contributed by atoms with van der Waals surface area (Å²) in [6, 6.07) is 0. The Hall–Kier alpha value is -0.690. The molecular weight excluding hydrogens is 202 g/mol. The molecule has 1 aliphatic rings. The van der Waals surface area contributed by atoms with E-state index in [9.17, 15) is 15.0 Å². The van der Waals surface area contributed by atoms with E-state index in [1.54, 1.807) is 6.92 Å². The number of ether oxygens (including phenoxy) is 1. The van der Waals surface area contributed by atoms with Crippen LogP contribution in [0.25, 0.3) is 0 Å². The van der Waals surface area contributed by atoms with E-state index in [1.165, 1.54) is 6.42 Å². The Morgan fingerprint density at radius 1 is 1.47 bits per heavy atom. The van der Waals surface area contributed by atoms with Crippen molar-refractivity contribution in [3.05, 3.63) is 6.42 Å². The lowest BCUT2D eigenvalue weighted by Gasteiger charge is -2.35. The Labute approximate surface area is 87.7 Å². The summed E-state index contributed by atoms with van der Waals surface area (Å²) < 4.78 is 5.07. The molecule has 0 aliphatic carbocycles. The van der Waals surface area contributed by atoms with Gasteiger partial charge in [0.25, 0.3) is 0 Å². The molecule has 1 heterocycles. The van der Waals surface area contributed by atoms with Gasteiger partial charge in [0.1, 0.15) is 18.3 Å². The minimum atomic E-state index is -1.26. The second kappa shape index (κ2) is 4.89. The van der Waals surface area contributed by atoms with Crippen LogP contribution in [0.15, 0.2) is 0 Å². The molecule has 0 saturated carbocycles. The van der Waals surface area contributed by atoms with Crippen LogP contribution in [0.3, 0.4) is 0 Å². The number of hydrogen-bond donors (Lipinski definition) is 4. The number of aliphatic hydroxyl groups excluding tert-OH is 3. The molecule has 0 aromatic carbocycles. The van der Waals surface area contributed by atoms with E-state index in [0.717, 1.165) is 0 Å². The molecule has 0 aromatic rings. The van der Waals surface area contributed by atoms with E-state index >= 15 is 0 Å². The molecule has 0 spiro atoms. The number of amides is 1. The average Bonchev–Trinajstić information content (AvgIpc) is 2.18. The Balaban J connectivity index is 2.53. The number of carbonyl (C=O) groups excluding carboxylic acids is 1. The first-order chi connectivity index (χ1) is 6.93. The monoisotopic (exact) mass is 218 g/mol. The van der Waals surface area contributed by atoms with Crippen molar-refractivity contribution in [3.8, 4) is 0 Å². The highest BCUT2D eigenvalue weighted by molar-refractivity contribution is 5.77. The molecule has 6 heteroatoms. The van der Waals surface area contributed by atoms with Gasteiger partial charge in [-0.2, -0.15) is 0 Å². The summed E-state index contributed by atoms with van der Waals surface area (Å²) in [5.74, 6) is -1.10. The molecule has 5 atom stereocenters. The van der Waals surface area contributed by atoms with Crippen LogP contribution in [-0.4, -0.2) is 52.2 Å². The first-order valence-electron chi connectivity index (χ1n) is 4.73. The van der Waals surface area contributed by atoms with Crippen molar-refractivity contribution in [2.75, 3.05) is 6.61 Å². The first kappa shape index (κ1) is 12.4. The zero-order chi connectivity index (χ0) is 11.6. The summed E-state index contributed by atoms with van der Waals surface area (Å²) in [6.07, 6.45) is -2.97. The van der Waals surface area contributed by atoms with Crippen molar-refractivity contribution in [3.63, 3.8) is 0 Å². The standard InChI is InChI=1S/C9H16NO5/c1-4(9(10)14)2-6-8(13)7(12)5(11)3-15-6/h2,4-8,11-13H,3H2,1H3,(H2,10,14). The lowest BCUT2D eigenvalue weighted by Crippen LogP contribution is -2.53. The SMILES string of the molecule is CC([CH]C1OCC(O)C(O)C1O)C(N)=O. The van der Waals surface area contributed by atoms with Crippen molar-refractivity contribution in [1.29, 1.82) is 0 Å². The highest BCUT2D eigenvalue weighted by atomic mass is 16.5. The van der Waals surface area contributed by atoms with Crippen LogP contribution in [0.5, 0.6) is 0 Å². The number of carbonyl (C=O) groups is 1. The zero-order valence-electron chi connectivity index (χ0n) is 8.41. The van der Waals surface area contributed by atoms with Crippen LogP contribution in [-0.2, 0) is 9.53 Å². The molecule has 1 saturated heterocycles. The quantitative estimate of drug-likeness (QED) is 0.429. The molecule has 1 aliphatic heterocycles. The highest BCUT2D eigenvalue weighted by Crippen LogP contribution is 2.20. The van der Waals surface area contributed by atoms with Gasteiger partial charge in [-0.25, -0.2) is 0 Å². The third kappa shape index (κ3) is 2.88. The molecular formula is C9H16NO5. The van der Waals surface area contributed by atoms with Crippen LogP contribution < -0.4 is 5.73 Å². The topological polar surface area (TPSA) is 113 Å². The Bertz CT molecular complexity index is 235. The van der Waals surface area contributed by atoms with Gasteiger partial charge in [-0.3, -0.25) is 4.79 Å². The third-order valence-electron chi connectivity index (χ3n) is 2.47. The van der Waals surface area contributed by atoms with E-state index in [2.05, 4.69) is 0 Å². The highest BCUT2D eigenvalue weighted by Gasteiger charge is 2.38. The van der Waals surface area contributed by atoms with Gasteiger partial charge in [-0.15, -0.1) is 0 Å². The number of primary amides is 1. The molecule has 15 heavy (non-hydrogen) atoms. The van der Waals surface area contributed by atoms with E-state index in [1.807, 2.05) is 0 Å². The molecule has 1 radical (unpaired) electrons. The van der Waals surface area contributed by atoms with Crippen LogP contribution >= 0.6 is 0 Å². The van der Waals surface area contributed by atoms with Crippen LogP contribution in [0, 0.1) is 12.3 Å². The second-order valence-electron chi connectivity index (χ2n) is 3.73. The normalized spacial score (nSPS) is 38.7. The van der Waals surface area contributed by atoms with Gasteiger partial charge in [-0.1, -0.05) is 6.92 Å². The third-order valence-corrected chi connectivity index (χ3v) is 2.47. The van der Waals surface area contributed by atoms with Gasteiger partial charge in [-0.05, 0) is 0 Å². The van der Waals surface area contributed by atoms with Gasteiger partial charge in [0.05, 0.1) is 12.7 Å². The molecule has 0 aromatic heterocycles.